The van der Waals surface area contributed by atoms with Crippen LogP contribution in [0.1, 0.15) is 212 Å². The normalized spacial score (nSPS) is 22.8. The summed E-state index contributed by atoms with van der Waals surface area (Å²) in [5, 5.41) is 24.5. The van der Waals surface area contributed by atoms with Crippen molar-refractivity contribution in [3.63, 3.8) is 0 Å². The maximum Gasteiger partial charge on any atom is 0.119 e. The summed E-state index contributed by atoms with van der Waals surface area (Å²) in [6.45, 7) is 17.7. The third kappa shape index (κ3) is 17.6. The van der Waals surface area contributed by atoms with Crippen molar-refractivity contribution in [3.8, 4) is 11.5 Å². The molecular formula is C50H82O2S5. The van der Waals surface area contributed by atoms with Crippen molar-refractivity contribution in [2.45, 2.75) is 239 Å². The molecule has 324 valence electrons. The van der Waals surface area contributed by atoms with E-state index in [2.05, 4.69) is 135 Å². The maximum atomic E-state index is 10.6. The summed E-state index contributed by atoms with van der Waals surface area (Å²) >= 11 is 2.29. The van der Waals surface area contributed by atoms with Crippen LogP contribution in [0.5, 0.6) is 11.5 Å². The second-order valence-corrected chi connectivity index (χ2v) is 26.9. The number of aromatic hydroxyl groups is 2. The summed E-state index contributed by atoms with van der Waals surface area (Å²) in [5.41, 5.74) is 4.60. The van der Waals surface area contributed by atoms with Crippen LogP contribution in [0.4, 0.5) is 0 Å². The zero-order chi connectivity index (χ0) is 41.3. The van der Waals surface area contributed by atoms with Crippen molar-refractivity contribution in [1.82, 2.24) is 0 Å². The van der Waals surface area contributed by atoms with Gasteiger partial charge in [-0.3, -0.25) is 0 Å². The Kier molecular flexibility index (Phi) is 21.7. The van der Waals surface area contributed by atoms with E-state index in [9.17, 15) is 10.2 Å². The highest BCUT2D eigenvalue weighted by molar-refractivity contribution is 8.87. The zero-order valence-electron chi connectivity index (χ0n) is 37.5. The lowest BCUT2D eigenvalue weighted by Crippen LogP contribution is -2.21. The largest absolute Gasteiger partial charge is 0.508 e. The zero-order valence-corrected chi connectivity index (χ0v) is 41.6. The Morgan fingerprint density at radius 3 is 1.42 bits per heavy atom. The lowest BCUT2D eigenvalue weighted by atomic mass is 9.85. The van der Waals surface area contributed by atoms with Gasteiger partial charge in [-0.15, -0.1) is 0 Å². The van der Waals surface area contributed by atoms with Crippen molar-refractivity contribution < 1.29 is 10.2 Å². The fourth-order valence-electron chi connectivity index (χ4n) is 8.50. The topological polar surface area (TPSA) is 40.5 Å². The van der Waals surface area contributed by atoms with Crippen molar-refractivity contribution in [1.29, 1.82) is 0 Å². The van der Waals surface area contributed by atoms with Gasteiger partial charge < -0.3 is 10.2 Å². The molecule has 0 radical (unpaired) electrons. The molecule has 2 N–H and O–H groups in total. The van der Waals surface area contributed by atoms with Crippen LogP contribution in [0.25, 0.3) is 0 Å². The third-order valence-corrected chi connectivity index (χ3v) is 22.0. The molecule has 4 rings (SSSR count). The van der Waals surface area contributed by atoms with Gasteiger partial charge in [-0.1, -0.05) is 213 Å². The first-order chi connectivity index (χ1) is 27.2. The molecule has 7 heteroatoms. The number of rotatable bonds is 26. The summed E-state index contributed by atoms with van der Waals surface area (Å²) in [6, 6.07) is 12.7. The second kappa shape index (κ2) is 25.0. The van der Waals surface area contributed by atoms with Crippen LogP contribution in [-0.4, -0.2) is 35.3 Å². The summed E-state index contributed by atoms with van der Waals surface area (Å²) in [6.07, 6.45) is 30.3. The van der Waals surface area contributed by atoms with Crippen LogP contribution in [-0.2, 0) is 23.7 Å². The van der Waals surface area contributed by atoms with E-state index in [-0.39, 0.29) is 10.8 Å². The highest BCUT2D eigenvalue weighted by Gasteiger charge is 2.47. The molecule has 2 fully saturated rings. The van der Waals surface area contributed by atoms with E-state index in [0.717, 1.165) is 45.0 Å². The lowest BCUT2D eigenvalue weighted by Gasteiger charge is -2.30. The van der Waals surface area contributed by atoms with Crippen molar-refractivity contribution in [2.24, 2.45) is 0 Å². The molecule has 0 aliphatic carbocycles. The van der Waals surface area contributed by atoms with Crippen LogP contribution >= 0.6 is 54.9 Å². The molecule has 0 saturated carbocycles. The number of phenols is 2. The van der Waals surface area contributed by atoms with Gasteiger partial charge in [0.25, 0.3) is 0 Å². The van der Waals surface area contributed by atoms with E-state index in [1.807, 2.05) is 12.1 Å². The van der Waals surface area contributed by atoms with Gasteiger partial charge in [-0.2, -0.15) is 11.8 Å². The molecule has 2 nitrogen and oxygen atoms in total. The standard InChI is InChI=1S/C50H82O2S5/c1-9-11-12-22-28-45-46(29-23-18-15-17-21-27-39-31-33-41(43(52)36-39)49(6,7)8)55-57-50(56-54-45,37-47-44(53-47)25-10-2)34-24-19-14-13-16-20-26-38-30-32-40(42(51)35-38)48(3,4)5/h30-33,35-36,44-47,51-52H,9-29,34,37H2,1-8H3. The average molecular weight is 876 g/mol. The summed E-state index contributed by atoms with van der Waals surface area (Å²) in [7, 11) is 9.29. The fraction of sp³-hybridized carbons (Fsp3) is 0.760. The molecular weight excluding hydrogens is 793 g/mol. The molecule has 0 bridgehead atoms. The minimum absolute atomic E-state index is 0.0201. The Bertz CT molecular complexity index is 1430. The first-order valence-corrected chi connectivity index (χ1v) is 28.6. The molecule has 2 aliphatic heterocycles. The second-order valence-electron chi connectivity index (χ2n) is 19.5. The van der Waals surface area contributed by atoms with Crippen LogP contribution in [0.15, 0.2) is 36.4 Å². The number of benzene rings is 2. The molecule has 5 unspecified atom stereocenters. The molecule has 2 aromatic rings. The fourth-order valence-corrected chi connectivity index (χ4v) is 19.3. The van der Waals surface area contributed by atoms with Gasteiger partial charge in [-0.05, 0) is 103 Å². The molecule has 57 heavy (non-hydrogen) atoms. The van der Waals surface area contributed by atoms with Crippen LogP contribution < -0.4 is 0 Å². The molecule has 5 atom stereocenters. The van der Waals surface area contributed by atoms with Crippen molar-refractivity contribution in [2.75, 3.05) is 0 Å². The first-order valence-electron chi connectivity index (χ1n) is 23.2. The number of aryl methyl sites for hydroxylation is 2. The Morgan fingerprint density at radius 1 is 0.509 bits per heavy atom. The molecule has 0 spiro atoms. The van der Waals surface area contributed by atoms with Gasteiger partial charge in [0.15, 0.2) is 0 Å². The monoisotopic (exact) mass is 874 g/mol. The average Bonchev–Trinajstić information content (AvgIpc) is 3.91. The van der Waals surface area contributed by atoms with Gasteiger partial charge in [0.2, 0.25) is 0 Å². The lowest BCUT2D eigenvalue weighted by molar-refractivity contribution is 0.445. The van der Waals surface area contributed by atoms with Crippen LogP contribution in [0, 0.1) is 0 Å². The van der Waals surface area contributed by atoms with E-state index >= 15 is 0 Å². The first kappa shape index (κ1) is 49.4. The predicted molar refractivity (Wildman–Crippen MR) is 265 cm³/mol. The Balaban J connectivity index is 1.23. The highest BCUT2D eigenvalue weighted by atomic mass is 33.1. The van der Waals surface area contributed by atoms with Gasteiger partial charge >= 0.3 is 0 Å². The Labute approximate surface area is 371 Å². The predicted octanol–water partition coefficient (Wildman–Crippen LogP) is 17.4. The minimum Gasteiger partial charge on any atom is -0.508 e. The molecule has 0 amide bonds. The summed E-state index contributed by atoms with van der Waals surface area (Å²) < 4.78 is 0.354. The molecule has 2 saturated heterocycles. The van der Waals surface area contributed by atoms with Crippen molar-refractivity contribution >= 4 is 54.9 Å². The number of unbranched alkanes of at least 4 members (excludes halogenated alkanes) is 12. The van der Waals surface area contributed by atoms with Crippen LogP contribution in [0.2, 0.25) is 0 Å². The van der Waals surface area contributed by atoms with E-state index < -0.39 is 0 Å². The van der Waals surface area contributed by atoms with E-state index in [1.54, 1.807) is 0 Å². The molecule has 2 aromatic carbocycles. The summed E-state index contributed by atoms with van der Waals surface area (Å²) in [5.74, 6) is 0.922. The third-order valence-electron chi connectivity index (χ3n) is 12.1. The molecule has 2 aliphatic rings. The van der Waals surface area contributed by atoms with Gasteiger partial charge in [-0.25, -0.2) is 0 Å². The minimum atomic E-state index is -0.0208. The Hall–Kier alpha value is -0.210. The van der Waals surface area contributed by atoms with Crippen LogP contribution in [0.3, 0.4) is 0 Å². The number of thioether (sulfide) groups is 1. The number of phenolic OH excluding ortho intramolecular Hbond substituents is 2. The van der Waals surface area contributed by atoms with Crippen molar-refractivity contribution in [3.05, 3.63) is 58.7 Å². The molecule has 0 aromatic heterocycles. The van der Waals surface area contributed by atoms with Gasteiger partial charge in [0, 0.05) is 21.0 Å². The quantitative estimate of drug-likeness (QED) is 0.0554. The smallest absolute Gasteiger partial charge is 0.119 e. The number of hydrogen-bond donors (Lipinski definition) is 2. The maximum absolute atomic E-state index is 10.6. The summed E-state index contributed by atoms with van der Waals surface area (Å²) in [4.78, 5) is 0. The van der Waals surface area contributed by atoms with Gasteiger partial charge in [0.05, 0.1) is 4.08 Å². The molecule has 2 heterocycles. The Morgan fingerprint density at radius 2 is 0.965 bits per heavy atom. The van der Waals surface area contributed by atoms with E-state index in [1.165, 1.54) is 146 Å². The van der Waals surface area contributed by atoms with E-state index in [4.69, 9.17) is 0 Å². The van der Waals surface area contributed by atoms with Gasteiger partial charge in [0.1, 0.15) is 11.5 Å². The number of hydrogen-bond acceptors (Lipinski definition) is 7. The SMILES string of the molecule is CCCCCCC1SSC(CCCCCCCCc2ccc(C(C)(C)C)c(O)c2)(CC2SC2CCC)SSC1CCCCCCCc1ccc(C(C)(C)C)c(O)c1. The van der Waals surface area contributed by atoms with E-state index in [0.29, 0.717) is 15.6 Å². The highest BCUT2D eigenvalue weighted by Crippen LogP contribution is 2.65.